The molecule has 0 aliphatic carbocycles. The van der Waals surface area contributed by atoms with Crippen LogP contribution < -0.4 is 0 Å². The van der Waals surface area contributed by atoms with E-state index in [2.05, 4.69) is 119 Å². The molecule has 4 nitrogen and oxygen atoms in total. The van der Waals surface area contributed by atoms with Gasteiger partial charge < -0.3 is 0 Å². The van der Waals surface area contributed by atoms with Gasteiger partial charge in [0.25, 0.3) is 0 Å². The van der Waals surface area contributed by atoms with Crippen LogP contribution >= 0.6 is 0 Å². The van der Waals surface area contributed by atoms with Gasteiger partial charge in [0, 0.05) is 45.8 Å². The minimum Gasteiger partial charge on any atom is -0.256 e. The molecule has 3 aromatic heterocycles. The molecule has 0 saturated carbocycles. The van der Waals surface area contributed by atoms with Gasteiger partial charge in [0.15, 0.2) is 0 Å². The Morgan fingerprint density at radius 2 is 0.652 bits per heavy atom. The number of pyridine rings is 2. The van der Waals surface area contributed by atoms with Gasteiger partial charge in [-0.05, 0) is 35.4 Å². The highest BCUT2D eigenvalue weighted by Crippen LogP contribution is 2.39. The molecule has 0 radical (unpaired) electrons. The molecule has 4 heteroatoms. The molecule has 0 unspecified atom stereocenters. The van der Waals surface area contributed by atoms with Crippen molar-refractivity contribution in [1.82, 2.24) is 19.9 Å². The molecule has 0 aliphatic rings. The summed E-state index contributed by atoms with van der Waals surface area (Å²) >= 11 is 0. The predicted octanol–water partition coefficient (Wildman–Crippen LogP) is 10.4. The summed E-state index contributed by atoms with van der Waals surface area (Å²) in [6.07, 6.45) is 3.64. The Labute approximate surface area is 267 Å². The Kier molecular flexibility index (Phi) is 7.14. The number of rotatable bonds is 6. The van der Waals surface area contributed by atoms with Crippen LogP contribution in [0, 0.1) is 0 Å². The van der Waals surface area contributed by atoms with E-state index in [-0.39, 0.29) is 0 Å². The summed E-state index contributed by atoms with van der Waals surface area (Å²) in [5.41, 5.74) is 13.6. The highest BCUT2D eigenvalue weighted by atomic mass is 14.8. The van der Waals surface area contributed by atoms with Crippen LogP contribution in [0.3, 0.4) is 0 Å². The average Bonchev–Trinajstić information content (AvgIpc) is 3.15. The van der Waals surface area contributed by atoms with Crippen LogP contribution in [0.1, 0.15) is 0 Å². The molecule has 8 aromatic rings. The number of benzene rings is 5. The van der Waals surface area contributed by atoms with Gasteiger partial charge in [0.2, 0.25) is 0 Å². The fraction of sp³-hybridized carbons (Fsp3) is 0. The minimum atomic E-state index is 0.827. The number of fused-ring (bicyclic) bond motifs is 1. The molecule has 8 rings (SSSR count). The van der Waals surface area contributed by atoms with Gasteiger partial charge in [-0.15, -0.1) is 0 Å². The molecule has 0 aliphatic heterocycles. The van der Waals surface area contributed by atoms with Gasteiger partial charge in [-0.1, -0.05) is 133 Å². The molecule has 46 heavy (non-hydrogen) atoms. The summed E-state index contributed by atoms with van der Waals surface area (Å²) in [5, 5.41) is 0. The fourth-order valence-corrected chi connectivity index (χ4v) is 5.90. The quantitative estimate of drug-likeness (QED) is 0.194. The highest BCUT2D eigenvalue weighted by molar-refractivity contribution is 6.03. The van der Waals surface area contributed by atoms with Crippen molar-refractivity contribution < 1.29 is 0 Å². The number of aromatic nitrogens is 4. The third-order valence-electron chi connectivity index (χ3n) is 8.23. The lowest BCUT2D eigenvalue weighted by Gasteiger charge is -2.16. The molecule has 3 heterocycles. The SMILES string of the molecule is c1ccc(-c2ccc(-c3ccccc3)c3nc(-c4ccc(-c5ccccn5)cc4)c(-c4ccc(-c5ccccn5)cc4)nc23)cc1. The third kappa shape index (κ3) is 5.23. The van der Waals surface area contributed by atoms with Crippen LogP contribution in [0.4, 0.5) is 0 Å². The van der Waals surface area contributed by atoms with Gasteiger partial charge in [0.1, 0.15) is 0 Å². The molecule has 0 saturated heterocycles. The smallest absolute Gasteiger partial charge is 0.0979 e. The minimum absolute atomic E-state index is 0.827. The number of hydrogen-bond donors (Lipinski definition) is 0. The largest absolute Gasteiger partial charge is 0.256 e. The maximum Gasteiger partial charge on any atom is 0.0979 e. The van der Waals surface area contributed by atoms with E-state index in [0.29, 0.717) is 0 Å². The Morgan fingerprint density at radius 3 is 1.02 bits per heavy atom. The van der Waals surface area contributed by atoms with Crippen LogP contribution in [-0.2, 0) is 0 Å². The molecule has 216 valence electrons. The molecule has 0 bridgehead atoms. The van der Waals surface area contributed by atoms with E-state index in [4.69, 9.17) is 9.97 Å². The van der Waals surface area contributed by atoms with Crippen molar-refractivity contribution in [3.05, 3.63) is 170 Å². The summed E-state index contributed by atoms with van der Waals surface area (Å²) in [7, 11) is 0. The van der Waals surface area contributed by atoms with Crippen molar-refractivity contribution in [1.29, 1.82) is 0 Å². The summed E-state index contributed by atoms with van der Waals surface area (Å²) < 4.78 is 0. The molecule has 0 atom stereocenters. The standard InChI is InChI=1S/C42H28N4/c1-3-11-29(12-4-1)35-25-26-36(30-13-5-2-6-14-30)42-41(35)45-39(33-21-17-31(18-22-33)37-15-7-9-27-43-37)40(46-42)34-23-19-32(20-24-34)38-16-8-10-28-44-38/h1-28H. The number of nitrogens with zero attached hydrogens (tertiary/aromatic N) is 4. The second kappa shape index (κ2) is 12.0. The van der Waals surface area contributed by atoms with Crippen molar-refractivity contribution in [3.8, 4) is 67.3 Å². The van der Waals surface area contributed by atoms with Crippen molar-refractivity contribution in [2.75, 3.05) is 0 Å². The van der Waals surface area contributed by atoms with Gasteiger partial charge in [-0.2, -0.15) is 0 Å². The van der Waals surface area contributed by atoms with Gasteiger partial charge in [-0.25, -0.2) is 9.97 Å². The molecular formula is C42H28N4. The molecule has 0 amide bonds. The summed E-state index contributed by atoms with van der Waals surface area (Å²) in [6, 6.07) is 54.0. The van der Waals surface area contributed by atoms with E-state index in [9.17, 15) is 0 Å². The Bertz CT molecular complexity index is 2090. The predicted molar refractivity (Wildman–Crippen MR) is 188 cm³/mol. The normalized spacial score (nSPS) is 11.0. The van der Waals surface area contributed by atoms with Crippen LogP contribution in [0.15, 0.2) is 170 Å². The van der Waals surface area contributed by atoms with Crippen LogP contribution in [0.5, 0.6) is 0 Å². The second-order valence-electron chi connectivity index (χ2n) is 11.1. The van der Waals surface area contributed by atoms with Crippen LogP contribution in [0.2, 0.25) is 0 Å². The summed E-state index contributed by atoms with van der Waals surface area (Å²) in [6.45, 7) is 0. The van der Waals surface area contributed by atoms with Crippen molar-refractivity contribution >= 4 is 11.0 Å². The second-order valence-corrected chi connectivity index (χ2v) is 11.1. The van der Waals surface area contributed by atoms with E-state index in [1.54, 1.807) is 0 Å². The fourth-order valence-electron chi connectivity index (χ4n) is 5.90. The lowest BCUT2D eigenvalue weighted by Crippen LogP contribution is -1.99. The summed E-state index contributed by atoms with van der Waals surface area (Å²) in [5.74, 6) is 0. The maximum absolute atomic E-state index is 5.48. The van der Waals surface area contributed by atoms with E-state index < -0.39 is 0 Å². The van der Waals surface area contributed by atoms with Crippen LogP contribution in [-0.4, -0.2) is 19.9 Å². The monoisotopic (exact) mass is 588 g/mol. The zero-order chi connectivity index (χ0) is 30.7. The molecule has 5 aromatic carbocycles. The van der Waals surface area contributed by atoms with E-state index in [1.165, 1.54) is 0 Å². The topological polar surface area (TPSA) is 51.6 Å². The lowest BCUT2D eigenvalue weighted by molar-refractivity contribution is 1.29. The molecule has 0 fully saturated rings. The van der Waals surface area contributed by atoms with Crippen molar-refractivity contribution in [2.24, 2.45) is 0 Å². The Hall–Kier alpha value is -6.26. The van der Waals surface area contributed by atoms with E-state index in [1.807, 2.05) is 60.9 Å². The third-order valence-corrected chi connectivity index (χ3v) is 8.23. The first kappa shape index (κ1) is 27.3. The van der Waals surface area contributed by atoms with Gasteiger partial charge in [-0.3, -0.25) is 9.97 Å². The van der Waals surface area contributed by atoms with Gasteiger partial charge >= 0.3 is 0 Å². The van der Waals surface area contributed by atoms with Crippen molar-refractivity contribution in [3.63, 3.8) is 0 Å². The molecule has 0 N–H and O–H groups in total. The van der Waals surface area contributed by atoms with Crippen LogP contribution in [0.25, 0.3) is 78.3 Å². The van der Waals surface area contributed by atoms with Gasteiger partial charge in [0.05, 0.1) is 33.8 Å². The van der Waals surface area contributed by atoms with E-state index in [0.717, 1.165) is 78.3 Å². The first-order chi connectivity index (χ1) is 22.8. The highest BCUT2D eigenvalue weighted by Gasteiger charge is 2.19. The zero-order valence-electron chi connectivity index (χ0n) is 25.0. The first-order valence-electron chi connectivity index (χ1n) is 15.3. The molecule has 0 spiro atoms. The Balaban J connectivity index is 1.37. The van der Waals surface area contributed by atoms with E-state index >= 15 is 0 Å². The average molecular weight is 589 g/mol. The number of hydrogen-bond acceptors (Lipinski definition) is 4. The van der Waals surface area contributed by atoms with Crippen molar-refractivity contribution in [2.45, 2.75) is 0 Å². The zero-order valence-corrected chi connectivity index (χ0v) is 25.0. The molecular weight excluding hydrogens is 560 g/mol. The lowest BCUT2D eigenvalue weighted by atomic mass is 9.95. The summed E-state index contributed by atoms with van der Waals surface area (Å²) in [4.78, 5) is 20.0. The maximum atomic E-state index is 5.48. The Morgan fingerprint density at radius 1 is 0.283 bits per heavy atom. The first-order valence-corrected chi connectivity index (χ1v) is 15.3.